The van der Waals surface area contributed by atoms with Crippen molar-refractivity contribution in [1.82, 2.24) is 0 Å². The van der Waals surface area contributed by atoms with Gasteiger partial charge in [-0.25, -0.2) is 0 Å². The van der Waals surface area contributed by atoms with Crippen LogP contribution in [0.1, 0.15) is 12.0 Å². The second kappa shape index (κ2) is 7.25. The maximum atomic E-state index is 2.32. The Morgan fingerprint density at radius 1 is 0.765 bits per heavy atom. The van der Waals surface area contributed by atoms with Gasteiger partial charge in [0.05, 0.1) is 0 Å². The van der Waals surface area contributed by atoms with Crippen molar-refractivity contribution in [1.29, 1.82) is 0 Å². The van der Waals surface area contributed by atoms with Gasteiger partial charge >= 0.3 is 0 Å². The van der Waals surface area contributed by atoms with E-state index in [0.29, 0.717) is 0 Å². The lowest BCUT2D eigenvalue weighted by Gasteiger charge is -2.01. The quantitative estimate of drug-likeness (QED) is 0.544. The summed E-state index contributed by atoms with van der Waals surface area (Å²) >= 11 is 0. The summed E-state index contributed by atoms with van der Waals surface area (Å²) < 4.78 is 0. The molecule has 2 rings (SSSR count). The van der Waals surface area contributed by atoms with E-state index in [-0.39, 0.29) is 18.1 Å². The van der Waals surface area contributed by atoms with Crippen molar-refractivity contribution in [2.24, 2.45) is 0 Å². The molecule has 17 heavy (non-hydrogen) atoms. The molecule has 0 fully saturated rings. The van der Waals surface area contributed by atoms with Gasteiger partial charge in [0.15, 0.2) is 0 Å². The summed E-state index contributed by atoms with van der Waals surface area (Å²) in [5.74, 6) is 0. The first-order chi connectivity index (χ1) is 8.45. The van der Waals surface area contributed by atoms with Crippen LogP contribution in [0.25, 0.3) is 0 Å². The summed E-state index contributed by atoms with van der Waals surface area (Å²) in [6.45, 7) is 0. The first-order valence-corrected chi connectivity index (χ1v) is 12.2. The second-order valence-electron chi connectivity index (χ2n) is 4.53. The Morgan fingerprint density at radius 3 is 2.12 bits per heavy atom. The fourth-order valence-electron chi connectivity index (χ4n) is 2.12. The van der Waals surface area contributed by atoms with Crippen molar-refractivity contribution < 1.29 is 0 Å². The van der Waals surface area contributed by atoms with Gasteiger partial charge in [0.25, 0.3) is 0 Å². The van der Waals surface area contributed by atoms with Gasteiger partial charge in [0, 0.05) is 18.1 Å². The minimum absolute atomic E-state index is 0.127. The van der Waals surface area contributed by atoms with Crippen LogP contribution in [-0.2, 0) is 6.42 Å². The maximum Gasteiger partial charge on any atom is 0.0422 e. The summed E-state index contributed by atoms with van der Waals surface area (Å²) in [4.78, 5) is 0. The van der Waals surface area contributed by atoms with E-state index in [0.717, 1.165) is 0 Å². The van der Waals surface area contributed by atoms with Gasteiger partial charge in [-0.2, -0.15) is 0 Å². The Labute approximate surface area is 109 Å². The van der Waals surface area contributed by atoms with E-state index in [9.17, 15) is 0 Å². The van der Waals surface area contributed by atoms with Crippen LogP contribution in [0.15, 0.2) is 60.7 Å². The number of benzene rings is 2. The molecule has 88 valence electrons. The fraction of sp³-hybridized carbons (Fsp3) is 0.200. The molecule has 0 radical (unpaired) electrons. The van der Waals surface area contributed by atoms with Crippen LogP contribution < -0.4 is 5.19 Å². The standard InChI is InChI=1S/C15H20Si2/c1-3-8-14(9-4-1)10-7-13-16-17-15-11-5-2-6-12-15/h1-6,8-9,11-12H,7,10,13,16-17H2. The highest BCUT2D eigenvalue weighted by atomic mass is 29.1. The number of hydrogen-bond donors (Lipinski definition) is 0. The van der Waals surface area contributed by atoms with Gasteiger partial charge in [0.1, 0.15) is 0 Å². The van der Waals surface area contributed by atoms with E-state index in [1.165, 1.54) is 24.4 Å². The van der Waals surface area contributed by atoms with Crippen molar-refractivity contribution in [3.05, 3.63) is 66.2 Å². The SMILES string of the molecule is c1ccc(CCC[SiH2][SiH2]c2ccccc2)cc1. The molecule has 0 atom stereocenters. The molecule has 0 aliphatic heterocycles. The molecule has 0 nitrogen and oxygen atoms in total. The Bertz CT molecular complexity index is 370. The molecular formula is C15H20Si2. The minimum atomic E-state index is 0.127. The molecule has 0 bridgehead atoms. The highest BCUT2D eigenvalue weighted by molar-refractivity contribution is 7.07. The Kier molecular flexibility index (Phi) is 5.26. The zero-order valence-electron chi connectivity index (χ0n) is 10.3. The van der Waals surface area contributed by atoms with Gasteiger partial charge in [0.2, 0.25) is 0 Å². The normalized spacial score (nSPS) is 11.8. The topological polar surface area (TPSA) is 0 Å². The van der Waals surface area contributed by atoms with Crippen LogP contribution in [0.5, 0.6) is 0 Å². The molecule has 0 saturated heterocycles. The largest absolute Gasteiger partial charge is 0.0701 e. The van der Waals surface area contributed by atoms with E-state index in [1.807, 2.05) is 0 Å². The van der Waals surface area contributed by atoms with E-state index in [1.54, 1.807) is 5.19 Å². The van der Waals surface area contributed by atoms with Gasteiger partial charge in [-0.05, 0) is 12.0 Å². The third-order valence-electron chi connectivity index (χ3n) is 3.12. The number of aryl methyl sites for hydroxylation is 1. The third kappa shape index (κ3) is 4.71. The predicted molar refractivity (Wildman–Crippen MR) is 82.7 cm³/mol. The lowest BCUT2D eigenvalue weighted by molar-refractivity contribution is 0.918. The summed E-state index contributed by atoms with van der Waals surface area (Å²) in [6.07, 6.45) is 2.67. The lowest BCUT2D eigenvalue weighted by Crippen LogP contribution is -2.19. The molecule has 2 aromatic carbocycles. The molecule has 0 aliphatic carbocycles. The lowest BCUT2D eigenvalue weighted by atomic mass is 10.1. The molecule has 0 saturated carbocycles. The zero-order valence-corrected chi connectivity index (χ0v) is 13.1. The Hall–Kier alpha value is -1.13. The molecule has 0 aromatic heterocycles. The van der Waals surface area contributed by atoms with Crippen LogP contribution in [0.4, 0.5) is 0 Å². The molecule has 0 N–H and O–H groups in total. The van der Waals surface area contributed by atoms with Crippen LogP contribution >= 0.6 is 0 Å². The second-order valence-corrected chi connectivity index (χ2v) is 10.9. The van der Waals surface area contributed by atoms with Crippen molar-refractivity contribution >= 4 is 23.3 Å². The predicted octanol–water partition coefficient (Wildman–Crippen LogP) is 1.62. The van der Waals surface area contributed by atoms with E-state index >= 15 is 0 Å². The smallest absolute Gasteiger partial charge is 0.0422 e. The summed E-state index contributed by atoms with van der Waals surface area (Å²) in [5, 5.41) is 1.67. The van der Waals surface area contributed by atoms with E-state index < -0.39 is 0 Å². The van der Waals surface area contributed by atoms with Crippen LogP contribution in [0.3, 0.4) is 0 Å². The molecule has 2 heteroatoms. The van der Waals surface area contributed by atoms with Crippen LogP contribution in [0.2, 0.25) is 6.04 Å². The minimum Gasteiger partial charge on any atom is -0.0701 e. The third-order valence-corrected chi connectivity index (χ3v) is 9.81. The summed E-state index contributed by atoms with van der Waals surface area (Å²) in [6, 6.07) is 23.5. The van der Waals surface area contributed by atoms with Crippen LogP contribution in [0, 0.1) is 0 Å². The highest BCUT2D eigenvalue weighted by Crippen LogP contribution is 2.03. The molecule has 0 aliphatic rings. The van der Waals surface area contributed by atoms with Crippen molar-refractivity contribution in [2.75, 3.05) is 0 Å². The summed E-state index contributed by atoms with van der Waals surface area (Å²) in [5.41, 5.74) is 1.50. The molecule has 0 unspecified atom stereocenters. The monoisotopic (exact) mass is 256 g/mol. The fourth-order valence-corrected chi connectivity index (χ4v) is 8.03. The molecule has 2 aromatic rings. The van der Waals surface area contributed by atoms with Crippen LogP contribution in [-0.4, -0.2) is 18.1 Å². The van der Waals surface area contributed by atoms with Gasteiger partial charge in [-0.3, -0.25) is 0 Å². The average molecular weight is 256 g/mol. The first kappa shape index (κ1) is 12.3. The Balaban J connectivity index is 1.61. The van der Waals surface area contributed by atoms with Gasteiger partial charge in [-0.1, -0.05) is 78.3 Å². The highest BCUT2D eigenvalue weighted by Gasteiger charge is 1.95. The van der Waals surface area contributed by atoms with Crippen molar-refractivity contribution in [2.45, 2.75) is 18.9 Å². The van der Waals surface area contributed by atoms with Crippen molar-refractivity contribution in [3.63, 3.8) is 0 Å². The molecule has 0 amide bonds. The molecule has 0 spiro atoms. The number of hydrogen-bond acceptors (Lipinski definition) is 0. The Morgan fingerprint density at radius 2 is 1.41 bits per heavy atom. The zero-order chi connectivity index (χ0) is 11.8. The maximum absolute atomic E-state index is 2.32. The molecule has 0 heterocycles. The van der Waals surface area contributed by atoms with Gasteiger partial charge < -0.3 is 0 Å². The first-order valence-electron chi connectivity index (χ1n) is 6.53. The van der Waals surface area contributed by atoms with E-state index in [2.05, 4.69) is 60.7 Å². The number of rotatable bonds is 6. The van der Waals surface area contributed by atoms with Crippen molar-refractivity contribution in [3.8, 4) is 0 Å². The molecular weight excluding hydrogens is 236 g/mol. The van der Waals surface area contributed by atoms with Gasteiger partial charge in [-0.15, -0.1) is 0 Å². The van der Waals surface area contributed by atoms with E-state index in [4.69, 9.17) is 0 Å². The average Bonchev–Trinajstić information content (AvgIpc) is 2.41. The summed E-state index contributed by atoms with van der Waals surface area (Å²) in [7, 11) is 0.363.